The Bertz CT molecular complexity index is 1560. The smallest absolute Gasteiger partial charge is 0.340 e. The van der Waals surface area contributed by atoms with Crippen molar-refractivity contribution in [3.63, 3.8) is 0 Å². The predicted octanol–water partition coefficient (Wildman–Crippen LogP) is 5.45. The van der Waals surface area contributed by atoms with Crippen molar-refractivity contribution in [2.75, 3.05) is 5.32 Å². The Morgan fingerprint density at radius 3 is 2.49 bits per heavy atom. The average molecular weight is 506 g/mol. The number of hydrogen-bond acceptors (Lipinski definition) is 5. The van der Waals surface area contributed by atoms with Gasteiger partial charge in [-0.25, -0.2) is 9.97 Å². The number of nitrogens with zero attached hydrogens (tertiary/aromatic N) is 4. The fraction of sp³-hybridized carbons (Fsp3) is 0.154. The maximum atomic E-state index is 12.9. The molecule has 0 aliphatic heterocycles. The molecule has 2 aromatic carbocycles. The van der Waals surface area contributed by atoms with Gasteiger partial charge in [0.15, 0.2) is 5.82 Å². The summed E-state index contributed by atoms with van der Waals surface area (Å²) in [5, 5.41) is 12.7. The molecular formula is C26H22F3N7O. The van der Waals surface area contributed by atoms with Gasteiger partial charge in [-0.2, -0.15) is 18.3 Å². The van der Waals surface area contributed by atoms with E-state index in [1.165, 1.54) is 0 Å². The Labute approximate surface area is 209 Å². The Morgan fingerprint density at radius 2 is 1.78 bits per heavy atom. The quantitative estimate of drug-likeness (QED) is 0.285. The van der Waals surface area contributed by atoms with Gasteiger partial charge in [0.1, 0.15) is 17.6 Å². The molecule has 0 saturated carbocycles. The van der Waals surface area contributed by atoms with E-state index in [2.05, 4.69) is 25.5 Å². The van der Waals surface area contributed by atoms with Gasteiger partial charge in [-0.05, 0) is 42.8 Å². The van der Waals surface area contributed by atoms with Crippen LogP contribution >= 0.6 is 0 Å². The molecular weight excluding hydrogens is 483 g/mol. The Balaban J connectivity index is 1.37. The summed E-state index contributed by atoms with van der Waals surface area (Å²) in [6.45, 7) is 0.908. The SMILES string of the molecule is CC(NC(=O)c1cc2ccc(-c3nccc(Nc4ccc(-c5cn[nH]c5)cc4)n3)cc2n1C)C(F)(F)F. The van der Waals surface area contributed by atoms with E-state index >= 15 is 0 Å². The highest BCUT2D eigenvalue weighted by molar-refractivity contribution is 5.99. The van der Waals surface area contributed by atoms with E-state index in [4.69, 9.17) is 0 Å². The average Bonchev–Trinajstić information content (AvgIpc) is 3.52. The number of fused-ring (bicyclic) bond motifs is 1. The molecule has 0 saturated heterocycles. The summed E-state index contributed by atoms with van der Waals surface area (Å²) in [6.07, 6.45) is 0.686. The molecule has 8 nitrogen and oxygen atoms in total. The number of benzene rings is 2. The molecule has 5 aromatic rings. The van der Waals surface area contributed by atoms with Crippen molar-refractivity contribution >= 4 is 28.3 Å². The third-order valence-corrected chi connectivity index (χ3v) is 6.02. The lowest BCUT2D eigenvalue weighted by Crippen LogP contribution is -2.43. The van der Waals surface area contributed by atoms with Gasteiger partial charge in [-0.15, -0.1) is 0 Å². The first-order chi connectivity index (χ1) is 17.7. The van der Waals surface area contributed by atoms with E-state index in [9.17, 15) is 18.0 Å². The summed E-state index contributed by atoms with van der Waals surface area (Å²) in [7, 11) is 1.63. The van der Waals surface area contributed by atoms with Gasteiger partial charge in [0.2, 0.25) is 0 Å². The molecule has 1 amide bonds. The molecule has 0 radical (unpaired) electrons. The van der Waals surface area contributed by atoms with Gasteiger partial charge in [-0.1, -0.05) is 24.3 Å². The van der Waals surface area contributed by atoms with E-state index in [1.807, 2.05) is 35.8 Å². The molecule has 3 N–H and O–H groups in total. The third-order valence-electron chi connectivity index (χ3n) is 6.02. The van der Waals surface area contributed by atoms with E-state index in [0.29, 0.717) is 28.1 Å². The molecule has 3 aromatic heterocycles. The zero-order valence-corrected chi connectivity index (χ0v) is 19.8. The van der Waals surface area contributed by atoms with Crippen LogP contribution in [0, 0.1) is 0 Å². The van der Waals surface area contributed by atoms with Gasteiger partial charge < -0.3 is 15.2 Å². The highest BCUT2D eigenvalue weighted by atomic mass is 19.4. The predicted molar refractivity (Wildman–Crippen MR) is 134 cm³/mol. The number of alkyl halides is 3. The van der Waals surface area contributed by atoms with Crippen LogP contribution < -0.4 is 10.6 Å². The van der Waals surface area contributed by atoms with Crippen molar-refractivity contribution in [3.05, 3.63) is 78.9 Å². The first-order valence-corrected chi connectivity index (χ1v) is 11.4. The number of rotatable bonds is 6. The lowest BCUT2D eigenvalue weighted by Gasteiger charge is -2.17. The van der Waals surface area contributed by atoms with Gasteiger partial charge in [0.25, 0.3) is 5.91 Å². The van der Waals surface area contributed by atoms with Gasteiger partial charge in [0, 0.05) is 47.2 Å². The molecule has 0 aliphatic carbocycles. The second-order valence-electron chi connectivity index (χ2n) is 8.55. The number of carbonyl (C=O) groups is 1. The number of nitrogens with one attached hydrogen (secondary N) is 3. The third kappa shape index (κ3) is 5.01. The standard InChI is InChI=1S/C26H22F3N7O/c1-15(26(27,28)29)33-25(37)22-11-17-3-4-18(12-21(17)36(22)2)24-30-10-9-23(35-24)34-20-7-5-16(6-8-20)19-13-31-32-14-19/h3-15H,1-2H3,(H,31,32)(H,33,37)(H,30,34,35). The van der Waals surface area contributed by atoms with E-state index in [-0.39, 0.29) is 5.69 Å². The van der Waals surface area contributed by atoms with Gasteiger partial charge >= 0.3 is 6.18 Å². The number of hydrogen-bond donors (Lipinski definition) is 3. The number of amides is 1. The summed E-state index contributed by atoms with van der Waals surface area (Å²) in [6, 6.07) is 14.6. The fourth-order valence-electron chi connectivity index (χ4n) is 3.91. The minimum atomic E-state index is -4.52. The summed E-state index contributed by atoms with van der Waals surface area (Å²) in [5.74, 6) is 0.250. The molecule has 0 aliphatic rings. The maximum absolute atomic E-state index is 12.9. The maximum Gasteiger partial charge on any atom is 0.408 e. The fourth-order valence-corrected chi connectivity index (χ4v) is 3.91. The molecule has 11 heteroatoms. The summed E-state index contributed by atoms with van der Waals surface area (Å²) < 4.78 is 40.2. The number of carbonyl (C=O) groups excluding carboxylic acids is 1. The number of aromatic amines is 1. The summed E-state index contributed by atoms with van der Waals surface area (Å²) >= 11 is 0. The monoisotopic (exact) mass is 505 g/mol. The minimum absolute atomic E-state index is 0.124. The first kappa shape index (κ1) is 24.0. The van der Waals surface area contributed by atoms with Crippen molar-refractivity contribution in [1.82, 2.24) is 30.0 Å². The molecule has 1 atom stereocenters. The number of aromatic nitrogens is 5. The van der Waals surface area contributed by atoms with Crippen LogP contribution in [0.25, 0.3) is 33.4 Å². The lowest BCUT2D eigenvalue weighted by molar-refractivity contribution is -0.149. The highest BCUT2D eigenvalue weighted by Gasteiger charge is 2.37. The van der Waals surface area contributed by atoms with Crippen LogP contribution in [0.15, 0.2) is 73.2 Å². The normalized spacial score (nSPS) is 12.5. The molecule has 0 fully saturated rings. The van der Waals surface area contributed by atoms with Crippen LogP contribution in [0.2, 0.25) is 0 Å². The minimum Gasteiger partial charge on any atom is -0.340 e. The lowest BCUT2D eigenvalue weighted by atomic mass is 10.1. The number of H-pyrrole nitrogens is 1. The number of anilines is 2. The Hall–Kier alpha value is -4.67. The van der Waals surface area contributed by atoms with Crippen LogP contribution in [0.4, 0.5) is 24.7 Å². The second-order valence-corrected chi connectivity index (χ2v) is 8.55. The van der Waals surface area contributed by atoms with Gasteiger partial charge in [0.05, 0.1) is 6.20 Å². The molecule has 0 spiro atoms. The van der Waals surface area contributed by atoms with Crippen LogP contribution in [0.5, 0.6) is 0 Å². The molecule has 188 valence electrons. The number of aryl methyl sites for hydroxylation is 1. The second kappa shape index (κ2) is 9.41. The topological polar surface area (TPSA) is 101 Å². The Morgan fingerprint density at radius 1 is 1.03 bits per heavy atom. The molecule has 5 rings (SSSR count). The van der Waals surface area contributed by atoms with Crippen LogP contribution in [-0.4, -0.2) is 42.9 Å². The van der Waals surface area contributed by atoms with Crippen molar-refractivity contribution in [2.24, 2.45) is 7.05 Å². The highest BCUT2D eigenvalue weighted by Crippen LogP contribution is 2.27. The van der Waals surface area contributed by atoms with Crippen molar-refractivity contribution < 1.29 is 18.0 Å². The zero-order valence-electron chi connectivity index (χ0n) is 19.8. The Kier molecular flexibility index (Phi) is 6.12. The molecule has 0 bridgehead atoms. The van der Waals surface area contributed by atoms with E-state index < -0.39 is 18.1 Å². The van der Waals surface area contributed by atoms with Crippen LogP contribution in [0.1, 0.15) is 17.4 Å². The molecule has 37 heavy (non-hydrogen) atoms. The molecule has 1 unspecified atom stereocenters. The molecule has 3 heterocycles. The van der Waals surface area contributed by atoms with Crippen molar-refractivity contribution in [2.45, 2.75) is 19.1 Å². The van der Waals surface area contributed by atoms with Crippen molar-refractivity contribution in [3.8, 4) is 22.5 Å². The first-order valence-electron chi connectivity index (χ1n) is 11.4. The van der Waals surface area contributed by atoms with Gasteiger partial charge in [-0.3, -0.25) is 9.89 Å². The van der Waals surface area contributed by atoms with Crippen LogP contribution in [0.3, 0.4) is 0 Å². The summed E-state index contributed by atoms with van der Waals surface area (Å²) in [4.78, 5) is 21.5. The summed E-state index contributed by atoms with van der Waals surface area (Å²) in [5.41, 5.74) is 4.35. The van der Waals surface area contributed by atoms with Crippen LogP contribution in [-0.2, 0) is 7.05 Å². The van der Waals surface area contributed by atoms with E-state index in [0.717, 1.165) is 23.7 Å². The number of halogens is 3. The zero-order chi connectivity index (χ0) is 26.2. The largest absolute Gasteiger partial charge is 0.408 e. The van der Waals surface area contributed by atoms with Crippen molar-refractivity contribution in [1.29, 1.82) is 0 Å². The van der Waals surface area contributed by atoms with E-state index in [1.54, 1.807) is 54.3 Å².